The summed E-state index contributed by atoms with van der Waals surface area (Å²) < 4.78 is 11.4. The fourth-order valence-corrected chi connectivity index (χ4v) is 9.02. The average Bonchev–Trinajstić information content (AvgIpc) is 3.91. The van der Waals surface area contributed by atoms with E-state index < -0.39 is 11.9 Å². The fourth-order valence-electron chi connectivity index (χ4n) is 9.02. The normalized spacial score (nSPS) is 20.7. The van der Waals surface area contributed by atoms with Crippen LogP contribution in [0.1, 0.15) is 60.6 Å². The number of carbonyl (C=O) groups is 3. The number of hydrogen-bond acceptors (Lipinski definition) is 11. The van der Waals surface area contributed by atoms with Crippen LogP contribution in [0, 0.1) is 5.92 Å². The summed E-state index contributed by atoms with van der Waals surface area (Å²) in [7, 11) is 3.59. The minimum Gasteiger partial charge on any atom is -0.385 e. The lowest BCUT2D eigenvalue weighted by atomic mass is 9.97. The molecule has 0 saturated carbocycles. The Kier molecular flexibility index (Phi) is 9.03. The van der Waals surface area contributed by atoms with E-state index >= 15 is 0 Å². The molecule has 2 N–H and O–H groups in total. The zero-order chi connectivity index (χ0) is 37.8. The van der Waals surface area contributed by atoms with Crippen LogP contribution in [0.25, 0.3) is 16.7 Å². The first-order valence-corrected chi connectivity index (χ1v) is 19.4. The van der Waals surface area contributed by atoms with Crippen molar-refractivity contribution in [2.45, 2.75) is 57.1 Å². The number of nitrogens with zero attached hydrogens (tertiary/aromatic N) is 8. The van der Waals surface area contributed by atoms with Crippen LogP contribution in [-0.4, -0.2) is 94.3 Å². The molecule has 55 heavy (non-hydrogen) atoms. The summed E-state index contributed by atoms with van der Waals surface area (Å²) in [4.78, 5) is 60.7. The number of ether oxygens (including phenoxy) is 1. The van der Waals surface area contributed by atoms with Crippen LogP contribution in [0.2, 0.25) is 0 Å². The second kappa shape index (κ2) is 14.2. The van der Waals surface area contributed by atoms with Gasteiger partial charge in [0.1, 0.15) is 11.7 Å². The van der Waals surface area contributed by atoms with Crippen LogP contribution in [0.4, 0.5) is 28.6 Å². The lowest BCUT2D eigenvalue weighted by Gasteiger charge is -2.37. The number of aryl methyl sites for hydroxylation is 1. The Balaban J connectivity index is 0.828. The summed E-state index contributed by atoms with van der Waals surface area (Å²) in [6, 6.07) is 13.8. The monoisotopic (exact) mass is 746 g/mol. The predicted octanol–water partition coefficient (Wildman–Crippen LogP) is 3.81. The van der Waals surface area contributed by atoms with Gasteiger partial charge in [-0.2, -0.15) is 0 Å². The Bertz CT molecular complexity index is 2370. The van der Waals surface area contributed by atoms with E-state index in [1.807, 2.05) is 31.3 Å². The van der Waals surface area contributed by atoms with Crippen LogP contribution < -0.4 is 31.0 Å². The minimum absolute atomic E-state index is 0.169. The van der Waals surface area contributed by atoms with Crippen molar-refractivity contribution in [3.8, 4) is 0 Å². The molecule has 15 heteroatoms. The van der Waals surface area contributed by atoms with Gasteiger partial charge >= 0.3 is 5.69 Å². The Morgan fingerprint density at radius 2 is 1.78 bits per heavy atom. The van der Waals surface area contributed by atoms with Crippen molar-refractivity contribution in [1.82, 2.24) is 29.0 Å². The highest BCUT2D eigenvalue weighted by Gasteiger charge is 2.33. The molecule has 3 fully saturated rings. The van der Waals surface area contributed by atoms with Gasteiger partial charge in [0, 0.05) is 88.5 Å². The van der Waals surface area contributed by atoms with Gasteiger partial charge < -0.3 is 24.8 Å². The lowest BCUT2D eigenvalue weighted by Crippen LogP contribution is -2.44. The zero-order valence-corrected chi connectivity index (χ0v) is 31.2. The highest BCUT2D eigenvalue weighted by molar-refractivity contribution is 6.00. The zero-order valence-electron chi connectivity index (χ0n) is 31.2. The third kappa shape index (κ3) is 6.19. The number of rotatable bonds is 9. The maximum atomic E-state index is 13.2. The molecule has 4 aliphatic rings. The van der Waals surface area contributed by atoms with Crippen molar-refractivity contribution in [3.63, 3.8) is 0 Å². The van der Waals surface area contributed by atoms with Crippen molar-refractivity contribution in [2.75, 3.05) is 66.4 Å². The summed E-state index contributed by atoms with van der Waals surface area (Å²) in [5.41, 5.74) is 7.86. The second-order valence-corrected chi connectivity index (χ2v) is 15.2. The van der Waals surface area contributed by atoms with Gasteiger partial charge in [-0.1, -0.05) is 6.07 Å². The smallest absolute Gasteiger partial charge is 0.329 e. The van der Waals surface area contributed by atoms with Crippen LogP contribution in [-0.2, 0) is 27.8 Å². The molecule has 286 valence electrons. The molecule has 3 aromatic heterocycles. The van der Waals surface area contributed by atoms with E-state index in [2.05, 4.69) is 48.5 Å². The molecule has 0 aliphatic carbocycles. The van der Waals surface area contributed by atoms with Crippen LogP contribution >= 0.6 is 0 Å². The van der Waals surface area contributed by atoms with E-state index in [1.54, 1.807) is 22.3 Å². The van der Waals surface area contributed by atoms with E-state index in [0.29, 0.717) is 29.2 Å². The van der Waals surface area contributed by atoms with Gasteiger partial charge in [0.2, 0.25) is 11.8 Å². The topological polar surface area (TPSA) is 151 Å². The third-order valence-corrected chi connectivity index (χ3v) is 12.0. The molecule has 5 aromatic rings. The van der Waals surface area contributed by atoms with Crippen molar-refractivity contribution >= 4 is 63.3 Å². The summed E-state index contributed by atoms with van der Waals surface area (Å²) in [5.74, 6) is 0.531. The highest BCUT2D eigenvalue weighted by Crippen LogP contribution is 2.41. The molecule has 2 atom stereocenters. The summed E-state index contributed by atoms with van der Waals surface area (Å²) in [5, 5.41) is 10.4. The molecule has 2 aromatic carbocycles. The molecule has 2 unspecified atom stereocenters. The van der Waals surface area contributed by atoms with Gasteiger partial charge in [-0.3, -0.25) is 28.8 Å². The molecular weight excluding hydrogens is 701 g/mol. The van der Waals surface area contributed by atoms with Crippen molar-refractivity contribution in [3.05, 3.63) is 70.4 Å². The maximum absolute atomic E-state index is 13.2. The minimum atomic E-state index is -0.690. The molecule has 4 aliphatic heterocycles. The number of aldehydes is 1. The van der Waals surface area contributed by atoms with Crippen molar-refractivity contribution < 1.29 is 19.1 Å². The molecule has 0 spiro atoms. The van der Waals surface area contributed by atoms with Gasteiger partial charge in [0.15, 0.2) is 17.8 Å². The third-order valence-electron chi connectivity index (χ3n) is 12.0. The number of imidazole rings is 2. The predicted molar refractivity (Wildman–Crippen MR) is 210 cm³/mol. The van der Waals surface area contributed by atoms with E-state index in [9.17, 15) is 19.2 Å². The first-order valence-electron chi connectivity index (χ1n) is 19.4. The van der Waals surface area contributed by atoms with Crippen molar-refractivity contribution in [2.24, 2.45) is 13.0 Å². The number of imide groups is 1. The van der Waals surface area contributed by atoms with Gasteiger partial charge in [-0.05, 0) is 74.8 Å². The number of amides is 2. The molecule has 3 saturated heterocycles. The van der Waals surface area contributed by atoms with Crippen LogP contribution in [0.5, 0.6) is 0 Å². The molecule has 0 radical (unpaired) electrons. The van der Waals surface area contributed by atoms with Gasteiger partial charge in [0.05, 0.1) is 29.0 Å². The van der Waals surface area contributed by atoms with E-state index in [-0.39, 0.29) is 24.1 Å². The number of anilines is 5. The number of hydrogen-bond donors (Lipinski definition) is 2. The largest absolute Gasteiger partial charge is 0.385 e. The summed E-state index contributed by atoms with van der Waals surface area (Å²) in [6.07, 6.45) is 8.11. The Morgan fingerprint density at radius 1 is 0.945 bits per heavy atom. The number of fused-ring (bicyclic) bond motifs is 3. The van der Waals surface area contributed by atoms with Gasteiger partial charge in [0.25, 0.3) is 0 Å². The highest BCUT2D eigenvalue weighted by atomic mass is 16.5. The lowest BCUT2D eigenvalue weighted by molar-refractivity contribution is -0.135. The summed E-state index contributed by atoms with van der Waals surface area (Å²) >= 11 is 0. The molecule has 0 bridgehead atoms. The Morgan fingerprint density at radius 3 is 2.58 bits per heavy atom. The van der Waals surface area contributed by atoms with Gasteiger partial charge in [-0.25, -0.2) is 14.3 Å². The Hall–Kier alpha value is -5.70. The van der Waals surface area contributed by atoms with Crippen molar-refractivity contribution in [1.29, 1.82) is 0 Å². The van der Waals surface area contributed by atoms with E-state index in [1.165, 1.54) is 15.8 Å². The average molecular weight is 747 g/mol. The van der Waals surface area contributed by atoms with Crippen LogP contribution in [0.15, 0.2) is 53.5 Å². The SMILES string of the molecule is CNc1cc(N2CCc3c(N4CCCC(OCC5CCN(c6ccc7c(c6)n(C)c(=O)n7C6CCC(=O)NC6=O)CC5)C4)cccc32)nn2c(C=O)cnc12. The maximum Gasteiger partial charge on any atom is 0.329 e. The molecule has 15 nitrogen and oxygen atoms in total. The molecule has 2 amide bonds. The first-order chi connectivity index (χ1) is 26.8. The number of nitrogens with one attached hydrogen (secondary N) is 2. The van der Waals surface area contributed by atoms with Gasteiger partial charge in [-0.15, -0.1) is 5.10 Å². The first kappa shape index (κ1) is 35.0. The van der Waals surface area contributed by atoms with E-state index in [0.717, 1.165) is 106 Å². The molecular formula is C40H46N10O5. The fraction of sp³-hybridized carbons (Fsp3) is 0.450. The number of carbonyl (C=O) groups excluding carboxylic acids is 3. The second-order valence-electron chi connectivity index (χ2n) is 15.2. The van der Waals surface area contributed by atoms with E-state index in [4.69, 9.17) is 9.84 Å². The molecule has 7 heterocycles. The summed E-state index contributed by atoms with van der Waals surface area (Å²) in [6.45, 7) is 5.20. The molecule has 9 rings (SSSR count). The number of benzene rings is 2. The quantitative estimate of drug-likeness (QED) is 0.167. The van der Waals surface area contributed by atoms with Crippen LogP contribution in [0.3, 0.4) is 0 Å². The Labute approximate surface area is 317 Å². The number of aromatic nitrogens is 5. The standard InChI is InChI=1S/C40H46N10O5/c1-41-30-20-36(44-50-27(23-51)21-42-38(30)50)48-18-14-29-31(6-3-7-32(29)48)47-15-4-5-28(22-47)55-24-25-12-16-46(17-13-25)26-8-9-33-35(19-26)45(2)40(54)49(33)34-10-11-37(52)43-39(34)53/h3,6-9,19-21,23,25,28,34,41H,4-5,10-18,22,24H2,1-2H3,(H,43,52,53). The number of piperidine rings is 3.